The van der Waals surface area contributed by atoms with Crippen molar-refractivity contribution in [1.29, 1.82) is 0 Å². The van der Waals surface area contributed by atoms with Crippen LogP contribution in [0.25, 0.3) is 0 Å². The minimum absolute atomic E-state index is 0.00982. The summed E-state index contributed by atoms with van der Waals surface area (Å²) in [5.41, 5.74) is 1.50. The first kappa shape index (κ1) is 27.5. The summed E-state index contributed by atoms with van der Waals surface area (Å²) >= 11 is 0. The average Bonchev–Trinajstić information content (AvgIpc) is 2.92. The van der Waals surface area contributed by atoms with Crippen molar-refractivity contribution in [1.82, 2.24) is 10.0 Å². The molecule has 0 aromatic heterocycles. The molecule has 1 aliphatic carbocycles. The topological polar surface area (TPSA) is 95.6 Å². The van der Waals surface area contributed by atoms with Gasteiger partial charge in [0.25, 0.3) is 0 Å². The van der Waals surface area contributed by atoms with Crippen molar-refractivity contribution in [3.8, 4) is 0 Å². The molecule has 3 aromatic rings. The molecule has 1 atom stereocenters. The number of carbonyl (C=O) groups excluding carboxylic acids is 2. The predicted octanol–water partition coefficient (Wildman–Crippen LogP) is 4.64. The van der Waals surface area contributed by atoms with Crippen LogP contribution in [0.2, 0.25) is 0 Å². The summed E-state index contributed by atoms with van der Waals surface area (Å²) in [6.45, 7) is 1.22. The van der Waals surface area contributed by atoms with Gasteiger partial charge in [0.1, 0.15) is 11.9 Å². The van der Waals surface area contributed by atoms with E-state index in [1.807, 2.05) is 19.1 Å². The Labute approximate surface area is 223 Å². The number of aryl methyl sites for hydroxylation is 1. The van der Waals surface area contributed by atoms with E-state index in [-0.39, 0.29) is 16.6 Å². The standard InChI is InChI=1S/C29H32FN3O4S/c1-21-11-8-9-18-26(21)28(29(35)32-23-13-4-2-5-14-23)33(24-15-10-12-22(30)19-24)27(34)20-31-38(36,37)25-16-6-3-7-17-25/h3,6-12,15-19,23,28,31H,2,4-5,13-14,20H2,1H3,(H,32,35). The lowest BCUT2D eigenvalue weighted by atomic mass is 9.93. The molecule has 4 rings (SSSR count). The van der Waals surface area contributed by atoms with Crippen molar-refractivity contribution < 1.29 is 22.4 Å². The predicted molar refractivity (Wildman–Crippen MR) is 144 cm³/mol. The van der Waals surface area contributed by atoms with Crippen LogP contribution in [0.3, 0.4) is 0 Å². The van der Waals surface area contributed by atoms with Crippen LogP contribution in [0, 0.1) is 12.7 Å². The van der Waals surface area contributed by atoms with Crippen LogP contribution >= 0.6 is 0 Å². The van der Waals surface area contributed by atoms with E-state index < -0.39 is 40.2 Å². The fraction of sp³-hybridized carbons (Fsp3) is 0.310. The Kier molecular flexibility index (Phi) is 8.91. The molecule has 3 aromatic carbocycles. The number of amides is 2. The molecule has 2 amide bonds. The number of rotatable bonds is 9. The molecule has 1 saturated carbocycles. The number of nitrogens with zero attached hydrogens (tertiary/aromatic N) is 1. The van der Waals surface area contributed by atoms with Crippen LogP contribution in [-0.2, 0) is 19.6 Å². The molecule has 0 radical (unpaired) electrons. The zero-order chi connectivity index (χ0) is 27.1. The van der Waals surface area contributed by atoms with Gasteiger partial charge in [-0.25, -0.2) is 17.5 Å². The monoisotopic (exact) mass is 537 g/mol. The van der Waals surface area contributed by atoms with Gasteiger partial charge in [-0.15, -0.1) is 0 Å². The van der Waals surface area contributed by atoms with E-state index in [1.54, 1.807) is 30.3 Å². The van der Waals surface area contributed by atoms with Crippen molar-refractivity contribution in [2.75, 3.05) is 11.4 Å². The summed E-state index contributed by atoms with van der Waals surface area (Å²) in [4.78, 5) is 28.8. The number of anilines is 1. The summed E-state index contributed by atoms with van der Waals surface area (Å²) < 4.78 is 42.3. The summed E-state index contributed by atoms with van der Waals surface area (Å²) in [6, 6.07) is 19.1. The summed E-state index contributed by atoms with van der Waals surface area (Å²) in [5, 5.41) is 3.10. The van der Waals surface area contributed by atoms with Crippen molar-refractivity contribution >= 4 is 27.5 Å². The Balaban J connectivity index is 1.72. The molecule has 9 heteroatoms. The van der Waals surface area contributed by atoms with Crippen molar-refractivity contribution in [3.05, 3.63) is 95.8 Å². The highest BCUT2D eigenvalue weighted by molar-refractivity contribution is 7.89. The van der Waals surface area contributed by atoms with Crippen molar-refractivity contribution in [3.63, 3.8) is 0 Å². The quantitative estimate of drug-likeness (QED) is 0.416. The molecular formula is C29H32FN3O4S. The molecule has 1 fully saturated rings. The van der Waals surface area contributed by atoms with Gasteiger partial charge in [0.05, 0.1) is 11.4 Å². The van der Waals surface area contributed by atoms with Gasteiger partial charge < -0.3 is 5.32 Å². The second kappa shape index (κ2) is 12.3. The summed E-state index contributed by atoms with van der Waals surface area (Å²) in [5.74, 6) is -1.67. The van der Waals surface area contributed by atoms with Crippen LogP contribution in [0.15, 0.2) is 83.8 Å². The second-order valence-corrected chi connectivity index (χ2v) is 11.3. The maximum atomic E-state index is 14.4. The molecule has 0 saturated heterocycles. The highest BCUT2D eigenvalue weighted by Crippen LogP contribution is 2.31. The largest absolute Gasteiger partial charge is 0.351 e. The van der Waals surface area contributed by atoms with Crippen molar-refractivity contribution in [2.24, 2.45) is 0 Å². The Morgan fingerprint density at radius 3 is 2.32 bits per heavy atom. The molecule has 2 N–H and O–H groups in total. The first-order valence-corrected chi connectivity index (χ1v) is 14.2. The minimum atomic E-state index is -3.99. The van der Waals surface area contributed by atoms with Gasteiger partial charge in [-0.05, 0) is 61.2 Å². The van der Waals surface area contributed by atoms with E-state index in [9.17, 15) is 22.4 Å². The third kappa shape index (κ3) is 6.65. The maximum Gasteiger partial charge on any atom is 0.248 e. The Hall–Kier alpha value is -3.56. The lowest BCUT2D eigenvalue weighted by molar-refractivity contribution is -0.127. The zero-order valence-corrected chi connectivity index (χ0v) is 22.1. The van der Waals surface area contributed by atoms with Crippen LogP contribution in [-0.4, -0.2) is 32.8 Å². The smallest absolute Gasteiger partial charge is 0.248 e. The highest BCUT2D eigenvalue weighted by Gasteiger charge is 2.35. The maximum absolute atomic E-state index is 14.4. The number of benzene rings is 3. The van der Waals surface area contributed by atoms with Crippen LogP contribution in [0.1, 0.15) is 49.3 Å². The van der Waals surface area contributed by atoms with Gasteiger partial charge in [0, 0.05) is 11.7 Å². The average molecular weight is 538 g/mol. The van der Waals surface area contributed by atoms with E-state index in [4.69, 9.17) is 0 Å². The van der Waals surface area contributed by atoms with Gasteiger partial charge in [-0.1, -0.05) is 67.8 Å². The number of carbonyl (C=O) groups is 2. The van der Waals surface area contributed by atoms with E-state index in [2.05, 4.69) is 10.0 Å². The highest BCUT2D eigenvalue weighted by atomic mass is 32.2. The zero-order valence-electron chi connectivity index (χ0n) is 21.3. The van der Waals surface area contributed by atoms with E-state index in [1.165, 1.54) is 41.3 Å². The molecule has 0 aliphatic heterocycles. The molecule has 0 spiro atoms. The molecule has 200 valence electrons. The van der Waals surface area contributed by atoms with Crippen LogP contribution in [0.4, 0.5) is 10.1 Å². The van der Waals surface area contributed by atoms with Gasteiger partial charge in [0.15, 0.2) is 0 Å². The Morgan fingerprint density at radius 1 is 0.947 bits per heavy atom. The van der Waals surface area contributed by atoms with Crippen LogP contribution in [0.5, 0.6) is 0 Å². The normalized spacial score (nSPS) is 15.0. The molecule has 1 unspecified atom stereocenters. The summed E-state index contributed by atoms with van der Waals surface area (Å²) in [7, 11) is -3.99. The SMILES string of the molecule is Cc1ccccc1C(C(=O)NC1CCCCC1)N(C(=O)CNS(=O)(=O)c1ccccc1)c1cccc(F)c1. The number of hydrogen-bond acceptors (Lipinski definition) is 4. The fourth-order valence-corrected chi connectivity index (χ4v) is 5.80. The molecule has 7 nitrogen and oxygen atoms in total. The van der Waals surface area contributed by atoms with Gasteiger partial charge in [-0.2, -0.15) is 0 Å². The third-order valence-electron chi connectivity index (χ3n) is 6.76. The molecule has 0 heterocycles. The third-order valence-corrected chi connectivity index (χ3v) is 8.18. The first-order valence-electron chi connectivity index (χ1n) is 12.7. The lowest BCUT2D eigenvalue weighted by Gasteiger charge is -2.34. The molecule has 0 bridgehead atoms. The first-order chi connectivity index (χ1) is 18.3. The number of nitrogens with one attached hydrogen (secondary N) is 2. The number of hydrogen-bond donors (Lipinski definition) is 2. The molecular weight excluding hydrogens is 505 g/mol. The Bertz CT molecular complexity index is 1380. The molecule has 38 heavy (non-hydrogen) atoms. The van der Waals surface area contributed by atoms with Gasteiger partial charge >= 0.3 is 0 Å². The van der Waals surface area contributed by atoms with Gasteiger partial charge in [0.2, 0.25) is 21.8 Å². The molecule has 1 aliphatic rings. The minimum Gasteiger partial charge on any atom is -0.351 e. The number of halogens is 1. The number of sulfonamides is 1. The van der Waals surface area contributed by atoms with Crippen molar-refractivity contribution in [2.45, 2.75) is 56.0 Å². The van der Waals surface area contributed by atoms with E-state index in [0.717, 1.165) is 37.7 Å². The summed E-state index contributed by atoms with van der Waals surface area (Å²) in [6.07, 6.45) is 4.82. The van der Waals surface area contributed by atoms with Crippen LogP contribution < -0.4 is 14.9 Å². The second-order valence-electron chi connectivity index (χ2n) is 9.48. The fourth-order valence-electron chi connectivity index (χ4n) is 4.81. The van der Waals surface area contributed by atoms with E-state index >= 15 is 0 Å². The van der Waals surface area contributed by atoms with Gasteiger partial charge in [-0.3, -0.25) is 14.5 Å². The Morgan fingerprint density at radius 2 is 1.63 bits per heavy atom. The van der Waals surface area contributed by atoms with E-state index in [0.29, 0.717) is 5.56 Å². The lowest BCUT2D eigenvalue weighted by Crippen LogP contribution is -2.50.